The molecule has 1 aliphatic carbocycles. The molecule has 0 bridgehead atoms. The number of hydrogen-bond acceptors (Lipinski definition) is 3. The lowest BCUT2D eigenvalue weighted by Crippen LogP contribution is -2.25. The first-order valence-corrected chi connectivity index (χ1v) is 5.76. The number of methoxy groups -OCH3 is 1. The van der Waals surface area contributed by atoms with E-state index >= 15 is 0 Å². The van der Waals surface area contributed by atoms with Crippen LogP contribution in [0.3, 0.4) is 0 Å². The SMILES string of the molecule is COc1ccc(CC(=O)CNC2CC2)cc1F. The van der Waals surface area contributed by atoms with E-state index in [4.69, 9.17) is 4.74 Å². The second-order valence-corrected chi connectivity index (χ2v) is 4.34. The Bertz CT molecular complexity index is 416. The minimum Gasteiger partial charge on any atom is -0.494 e. The van der Waals surface area contributed by atoms with Crippen LogP contribution in [-0.2, 0) is 11.2 Å². The zero-order valence-electron chi connectivity index (χ0n) is 9.83. The van der Waals surface area contributed by atoms with Crippen molar-refractivity contribution in [1.82, 2.24) is 5.32 Å². The van der Waals surface area contributed by atoms with Gasteiger partial charge in [-0.1, -0.05) is 6.07 Å². The van der Waals surface area contributed by atoms with Crippen LogP contribution < -0.4 is 10.1 Å². The fraction of sp³-hybridized carbons (Fsp3) is 0.462. The maximum atomic E-state index is 13.4. The van der Waals surface area contributed by atoms with Crippen molar-refractivity contribution in [3.05, 3.63) is 29.6 Å². The van der Waals surface area contributed by atoms with Crippen molar-refractivity contribution >= 4 is 5.78 Å². The Hall–Kier alpha value is -1.42. The molecule has 3 nitrogen and oxygen atoms in total. The number of benzene rings is 1. The highest BCUT2D eigenvalue weighted by molar-refractivity contribution is 5.82. The number of ether oxygens (including phenoxy) is 1. The van der Waals surface area contributed by atoms with Crippen LogP contribution in [0.1, 0.15) is 18.4 Å². The predicted molar refractivity (Wildman–Crippen MR) is 62.7 cm³/mol. The highest BCUT2D eigenvalue weighted by atomic mass is 19.1. The highest BCUT2D eigenvalue weighted by Crippen LogP contribution is 2.19. The smallest absolute Gasteiger partial charge is 0.165 e. The maximum Gasteiger partial charge on any atom is 0.165 e. The standard InChI is InChI=1S/C13H16FNO2/c1-17-13-5-2-9(7-12(13)14)6-11(16)8-15-10-3-4-10/h2,5,7,10,15H,3-4,6,8H2,1H3. The normalized spacial score (nSPS) is 14.7. The lowest BCUT2D eigenvalue weighted by molar-refractivity contribution is -0.117. The molecule has 92 valence electrons. The molecule has 0 saturated heterocycles. The number of nitrogens with one attached hydrogen (secondary N) is 1. The van der Waals surface area contributed by atoms with Gasteiger partial charge >= 0.3 is 0 Å². The molecule has 17 heavy (non-hydrogen) atoms. The number of carbonyl (C=O) groups is 1. The van der Waals surface area contributed by atoms with Crippen molar-refractivity contribution < 1.29 is 13.9 Å². The number of hydrogen-bond donors (Lipinski definition) is 1. The Labute approximate surface area is 100.0 Å². The van der Waals surface area contributed by atoms with E-state index in [0.29, 0.717) is 18.2 Å². The van der Waals surface area contributed by atoms with Crippen LogP contribution in [0.4, 0.5) is 4.39 Å². The van der Waals surface area contributed by atoms with E-state index in [2.05, 4.69) is 5.32 Å². The van der Waals surface area contributed by atoms with E-state index in [1.54, 1.807) is 12.1 Å². The summed E-state index contributed by atoms with van der Waals surface area (Å²) in [4.78, 5) is 11.6. The predicted octanol–water partition coefficient (Wildman–Crippen LogP) is 1.70. The highest BCUT2D eigenvalue weighted by Gasteiger charge is 2.21. The molecule has 1 aromatic rings. The van der Waals surface area contributed by atoms with Crippen LogP contribution in [0, 0.1) is 5.82 Å². The summed E-state index contributed by atoms with van der Waals surface area (Å²) in [6.07, 6.45) is 2.58. The van der Waals surface area contributed by atoms with Crippen molar-refractivity contribution in [2.45, 2.75) is 25.3 Å². The fourth-order valence-electron chi connectivity index (χ4n) is 1.66. The van der Waals surface area contributed by atoms with Gasteiger partial charge in [-0.3, -0.25) is 4.79 Å². The summed E-state index contributed by atoms with van der Waals surface area (Å²) in [5, 5.41) is 3.15. The summed E-state index contributed by atoms with van der Waals surface area (Å²) < 4.78 is 18.2. The van der Waals surface area contributed by atoms with Crippen molar-refractivity contribution in [2.75, 3.05) is 13.7 Å². The molecule has 0 atom stereocenters. The van der Waals surface area contributed by atoms with E-state index in [0.717, 1.165) is 12.8 Å². The number of ketones is 1. The third kappa shape index (κ3) is 3.53. The largest absolute Gasteiger partial charge is 0.494 e. The first-order chi connectivity index (χ1) is 8.19. The molecule has 4 heteroatoms. The molecule has 1 aliphatic rings. The van der Waals surface area contributed by atoms with Gasteiger partial charge in [-0.15, -0.1) is 0 Å². The van der Waals surface area contributed by atoms with Gasteiger partial charge in [-0.2, -0.15) is 0 Å². The summed E-state index contributed by atoms with van der Waals surface area (Å²) in [5.74, 6) is -0.133. The topological polar surface area (TPSA) is 38.3 Å². The van der Waals surface area contributed by atoms with E-state index in [-0.39, 0.29) is 18.0 Å². The van der Waals surface area contributed by atoms with Gasteiger partial charge in [0.25, 0.3) is 0 Å². The van der Waals surface area contributed by atoms with Crippen molar-refractivity contribution in [3.8, 4) is 5.75 Å². The van der Waals surface area contributed by atoms with Gasteiger partial charge in [-0.05, 0) is 30.5 Å². The Balaban J connectivity index is 1.88. The molecule has 1 aromatic carbocycles. The van der Waals surface area contributed by atoms with Crippen molar-refractivity contribution in [1.29, 1.82) is 0 Å². The second-order valence-electron chi connectivity index (χ2n) is 4.34. The van der Waals surface area contributed by atoms with E-state index in [9.17, 15) is 9.18 Å². The Kier molecular flexibility index (Phi) is 3.74. The zero-order valence-corrected chi connectivity index (χ0v) is 9.83. The Morgan fingerprint density at radius 1 is 1.53 bits per heavy atom. The van der Waals surface area contributed by atoms with Gasteiger partial charge in [-0.25, -0.2) is 4.39 Å². The minimum absolute atomic E-state index is 0.0847. The number of carbonyl (C=O) groups excluding carboxylic acids is 1. The molecular weight excluding hydrogens is 221 g/mol. The summed E-state index contributed by atoms with van der Waals surface area (Å²) in [6, 6.07) is 5.14. The number of Topliss-reactive ketones (excluding diaryl/α,β-unsaturated/α-hetero) is 1. The molecule has 0 aromatic heterocycles. The van der Waals surface area contributed by atoms with Gasteiger partial charge in [0.1, 0.15) is 0 Å². The molecule has 0 unspecified atom stereocenters. The van der Waals surface area contributed by atoms with Crippen LogP contribution in [0.5, 0.6) is 5.75 Å². The first-order valence-electron chi connectivity index (χ1n) is 5.76. The maximum absolute atomic E-state index is 13.4. The Morgan fingerprint density at radius 2 is 2.29 bits per heavy atom. The molecule has 0 radical (unpaired) electrons. The molecule has 0 heterocycles. The van der Waals surface area contributed by atoms with Crippen molar-refractivity contribution in [2.24, 2.45) is 0 Å². The second kappa shape index (κ2) is 5.27. The third-order valence-corrected chi connectivity index (χ3v) is 2.78. The molecule has 1 fully saturated rings. The Morgan fingerprint density at radius 3 is 2.88 bits per heavy atom. The molecule has 0 aliphatic heterocycles. The monoisotopic (exact) mass is 237 g/mol. The van der Waals surface area contributed by atoms with E-state index < -0.39 is 5.82 Å². The first kappa shape index (κ1) is 12.0. The minimum atomic E-state index is -0.423. The van der Waals surface area contributed by atoms with Gasteiger partial charge in [0.15, 0.2) is 17.3 Å². The summed E-state index contributed by atoms with van der Waals surface area (Å²) >= 11 is 0. The van der Waals surface area contributed by atoms with Crippen LogP contribution in [0.25, 0.3) is 0 Å². The summed E-state index contributed by atoms with van der Waals surface area (Å²) in [6.45, 7) is 0.373. The zero-order chi connectivity index (χ0) is 12.3. The average Bonchev–Trinajstić information content (AvgIpc) is 3.10. The average molecular weight is 237 g/mol. The van der Waals surface area contributed by atoms with E-state index in [1.807, 2.05) is 0 Å². The van der Waals surface area contributed by atoms with Crippen molar-refractivity contribution in [3.63, 3.8) is 0 Å². The van der Waals surface area contributed by atoms with Crippen LogP contribution in [0.2, 0.25) is 0 Å². The molecule has 0 amide bonds. The lowest BCUT2D eigenvalue weighted by Gasteiger charge is -2.05. The molecule has 2 rings (SSSR count). The third-order valence-electron chi connectivity index (χ3n) is 2.78. The lowest BCUT2D eigenvalue weighted by atomic mass is 10.1. The quantitative estimate of drug-likeness (QED) is 0.818. The van der Waals surface area contributed by atoms with Crippen LogP contribution >= 0.6 is 0 Å². The molecule has 0 spiro atoms. The number of rotatable bonds is 6. The van der Waals surface area contributed by atoms with Gasteiger partial charge in [0, 0.05) is 12.5 Å². The molecular formula is C13H16FNO2. The van der Waals surface area contributed by atoms with Crippen LogP contribution in [-0.4, -0.2) is 25.5 Å². The fourth-order valence-corrected chi connectivity index (χ4v) is 1.66. The molecule has 1 saturated carbocycles. The summed E-state index contributed by atoms with van der Waals surface area (Å²) in [7, 11) is 1.42. The van der Waals surface area contributed by atoms with Gasteiger partial charge < -0.3 is 10.1 Å². The summed E-state index contributed by atoms with van der Waals surface area (Å²) in [5.41, 5.74) is 0.686. The van der Waals surface area contributed by atoms with E-state index in [1.165, 1.54) is 13.2 Å². The number of halogens is 1. The van der Waals surface area contributed by atoms with Gasteiger partial charge in [0.05, 0.1) is 13.7 Å². The molecule has 1 N–H and O–H groups in total. The van der Waals surface area contributed by atoms with Gasteiger partial charge in [0.2, 0.25) is 0 Å². The van der Waals surface area contributed by atoms with Crippen LogP contribution in [0.15, 0.2) is 18.2 Å².